The van der Waals surface area contributed by atoms with Crippen LogP contribution in [0.4, 0.5) is 0 Å². The Balaban J connectivity index is 1.79. The summed E-state index contributed by atoms with van der Waals surface area (Å²) in [4.78, 5) is 0. The van der Waals surface area contributed by atoms with E-state index in [1.165, 1.54) is 12.8 Å². The lowest BCUT2D eigenvalue weighted by atomic mass is 9.58. The minimum absolute atomic E-state index is 0.0285. The first-order valence-corrected chi connectivity index (χ1v) is 6.81. The van der Waals surface area contributed by atoms with Crippen molar-refractivity contribution < 1.29 is 9.47 Å². The predicted octanol–water partition coefficient (Wildman–Crippen LogP) is 3.71. The van der Waals surface area contributed by atoms with Gasteiger partial charge in [0, 0.05) is 5.92 Å². The molecule has 4 atom stereocenters. The molecule has 4 rings (SSSR count). The SMILES string of the molecule is CC1=CC2CC(C3OC=CO3)C1CC2C(C)C. The van der Waals surface area contributed by atoms with Gasteiger partial charge in [-0.3, -0.25) is 0 Å². The van der Waals surface area contributed by atoms with E-state index in [0.29, 0.717) is 11.8 Å². The minimum atomic E-state index is -0.0285. The highest BCUT2D eigenvalue weighted by molar-refractivity contribution is 5.18. The average Bonchev–Trinajstić information content (AvgIpc) is 2.81. The first-order valence-electron chi connectivity index (χ1n) is 6.81. The molecule has 0 aromatic heterocycles. The molecule has 0 aromatic carbocycles. The molecular weight excluding hydrogens is 212 g/mol. The predicted molar refractivity (Wildman–Crippen MR) is 66.9 cm³/mol. The van der Waals surface area contributed by atoms with Gasteiger partial charge >= 0.3 is 0 Å². The Morgan fingerprint density at radius 2 is 1.88 bits per heavy atom. The van der Waals surface area contributed by atoms with Gasteiger partial charge in [-0.15, -0.1) is 0 Å². The smallest absolute Gasteiger partial charge is 0.243 e. The molecule has 2 nitrogen and oxygen atoms in total. The first-order chi connectivity index (χ1) is 8.16. The Morgan fingerprint density at radius 1 is 1.18 bits per heavy atom. The van der Waals surface area contributed by atoms with Gasteiger partial charge in [0.25, 0.3) is 0 Å². The Hall–Kier alpha value is -0.920. The van der Waals surface area contributed by atoms with Gasteiger partial charge in [0.05, 0.1) is 0 Å². The van der Waals surface area contributed by atoms with Gasteiger partial charge in [-0.25, -0.2) is 0 Å². The number of fused-ring (bicyclic) bond motifs is 2. The molecule has 0 saturated heterocycles. The fraction of sp³-hybridized carbons (Fsp3) is 0.733. The highest BCUT2D eigenvalue weighted by atomic mass is 16.7. The Kier molecular flexibility index (Phi) is 2.68. The molecular formula is C15H22O2. The van der Waals surface area contributed by atoms with Gasteiger partial charge in [0.1, 0.15) is 12.5 Å². The molecule has 4 aliphatic rings. The van der Waals surface area contributed by atoms with Crippen LogP contribution in [0.1, 0.15) is 33.6 Å². The number of hydrogen-bond donors (Lipinski definition) is 0. The zero-order valence-electron chi connectivity index (χ0n) is 10.9. The van der Waals surface area contributed by atoms with Crippen LogP contribution in [0.25, 0.3) is 0 Å². The monoisotopic (exact) mass is 234 g/mol. The zero-order valence-corrected chi connectivity index (χ0v) is 10.9. The summed E-state index contributed by atoms with van der Waals surface area (Å²) in [6, 6.07) is 0. The van der Waals surface area contributed by atoms with Gasteiger partial charge < -0.3 is 9.47 Å². The highest BCUT2D eigenvalue weighted by Crippen LogP contribution is 2.51. The van der Waals surface area contributed by atoms with Gasteiger partial charge in [0.2, 0.25) is 6.29 Å². The van der Waals surface area contributed by atoms with Gasteiger partial charge in [-0.2, -0.15) is 0 Å². The lowest BCUT2D eigenvalue weighted by Gasteiger charge is -2.48. The van der Waals surface area contributed by atoms with Crippen LogP contribution in [0.5, 0.6) is 0 Å². The van der Waals surface area contributed by atoms with Crippen LogP contribution >= 0.6 is 0 Å². The van der Waals surface area contributed by atoms with E-state index < -0.39 is 0 Å². The summed E-state index contributed by atoms with van der Waals surface area (Å²) in [5.74, 6) is 3.59. The normalized spacial score (nSPS) is 40.4. The van der Waals surface area contributed by atoms with Gasteiger partial charge in [-0.05, 0) is 43.4 Å². The molecule has 0 aromatic rings. The van der Waals surface area contributed by atoms with Gasteiger partial charge in [-0.1, -0.05) is 25.5 Å². The number of ether oxygens (including phenoxy) is 2. The molecule has 1 heterocycles. The summed E-state index contributed by atoms with van der Waals surface area (Å²) >= 11 is 0. The van der Waals surface area contributed by atoms with Crippen molar-refractivity contribution in [1.82, 2.24) is 0 Å². The van der Waals surface area contributed by atoms with E-state index in [4.69, 9.17) is 9.47 Å². The van der Waals surface area contributed by atoms with Crippen molar-refractivity contribution in [1.29, 1.82) is 0 Å². The van der Waals surface area contributed by atoms with Crippen molar-refractivity contribution in [2.75, 3.05) is 0 Å². The summed E-state index contributed by atoms with van der Waals surface area (Å²) in [5, 5.41) is 0. The molecule has 0 radical (unpaired) electrons. The third-order valence-electron chi connectivity index (χ3n) is 4.89. The zero-order chi connectivity index (χ0) is 12.0. The molecule has 4 unspecified atom stereocenters. The van der Waals surface area contributed by atoms with Crippen molar-refractivity contribution in [3.8, 4) is 0 Å². The first kappa shape index (κ1) is 11.2. The van der Waals surface area contributed by atoms with E-state index in [1.54, 1.807) is 18.1 Å². The van der Waals surface area contributed by atoms with Crippen LogP contribution in [0, 0.1) is 29.6 Å². The minimum Gasteiger partial charge on any atom is -0.459 e. The van der Waals surface area contributed by atoms with E-state index in [1.807, 2.05) is 0 Å². The standard InChI is InChI=1S/C15H22O2/c1-9(2)12-8-13-10(3)6-11(12)7-14(13)15-16-4-5-17-15/h4-6,9,11-15H,7-8H2,1-3H3. The number of allylic oxidation sites excluding steroid dienone is 2. The number of hydrogen-bond acceptors (Lipinski definition) is 2. The van der Waals surface area contributed by atoms with Crippen LogP contribution in [0.15, 0.2) is 24.2 Å². The van der Waals surface area contributed by atoms with Gasteiger partial charge in [0.15, 0.2) is 0 Å². The van der Waals surface area contributed by atoms with Crippen LogP contribution in [0.2, 0.25) is 0 Å². The van der Waals surface area contributed by atoms with E-state index in [9.17, 15) is 0 Å². The van der Waals surface area contributed by atoms with E-state index in [-0.39, 0.29) is 6.29 Å². The molecule has 1 aliphatic heterocycles. The summed E-state index contributed by atoms with van der Waals surface area (Å²) < 4.78 is 11.1. The lowest BCUT2D eigenvalue weighted by molar-refractivity contribution is -0.106. The van der Waals surface area contributed by atoms with Crippen LogP contribution in [0.3, 0.4) is 0 Å². The summed E-state index contributed by atoms with van der Waals surface area (Å²) in [7, 11) is 0. The molecule has 0 spiro atoms. The Labute approximate surface area is 104 Å². The molecule has 17 heavy (non-hydrogen) atoms. The molecule has 0 N–H and O–H groups in total. The second kappa shape index (κ2) is 4.08. The fourth-order valence-electron chi connectivity index (χ4n) is 3.99. The molecule has 2 heteroatoms. The maximum absolute atomic E-state index is 5.56. The van der Waals surface area contributed by atoms with Crippen molar-refractivity contribution in [3.05, 3.63) is 24.2 Å². The third-order valence-corrected chi connectivity index (χ3v) is 4.89. The van der Waals surface area contributed by atoms with Crippen molar-refractivity contribution >= 4 is 0 Å². The fourth-order valence-corrected chi connectivity index (χ4v) is 3.99. The second-order valence-electron chi connectivity index (χ2n) is 6.14. The lowest BCUT2D eigenvalue weighted by Crippen LogP contribution is -2.43. The van der Waals surface area contributed by atoms with Crippen molar-refractivity contribution in [2.24, 2.45) is 29.6 Å². The summed E-state index contributed by atoms with van der Waals surface area (Å²) in [6.45, 7) is 6.99. The maximum atomic E-state index is 5.56. The quantitative estimate of drug-likeness (QED) is 0.678. The van der Waals surface area contributed by atoms with E-state index in [0.717, 1.165) is 17.8 Å². The highest BCUT2D eigenvalue weighted by Gasteiger charge is 2.46. The van der Waals surface area contributed by atoms with Crippen LogP contribution in [-0.2, 0) is 9.47 Å². The Morgan fingerprint density at radius 3 is 2.47 bits per heavy atom. The molecule has 0 amide bonds. The van der Waals surface area contributed by atoms with Crippen LogP contribution in [-0.4, -0.2) is 6.29 Å². The largest absolute Gasteiger partial charge is 0.459 e. The number of rotatable bonds is 2. The molecule has 94 valence electrons. The summed E-state index contributed by atoms with van der Waals surface area (Å²) in [5.41, 5.74) is 1.56. The maximum Gasteiger partial charge on any atom is 0.243 e. The van der Waals surface area contributed by atoms with Crippen molar-refractivity contribution in [2.45, 2.75) is 39.9 Å². The third kappa shape index (κ3) is 1.78. The summed E-state index contributed by atoms with van der Waals surface area (Å²) in [6.07, 6.45) is 8.41. The average molecular weight is 234 g/mol. The van der Waals surface area contributed by atoms with E-state index in [2.05, 4.69) is 26.8 Å². The van der Waals surface area contributed by atoms with Crippen LogP contribution < -0.4 is 0 Å². The molecule has 1 fully saturated rings. The molecule has 2 bridgehead atoms. The molecule has 3 aliphatic carbocycles. The molecule has 1 saturated carbocycles. The van der Waals surface area contributed by atoms with Crippen molar-refractivity contribution in [3.63, 3.8) is 0 Å². The van der Waals surface area contributed by atoms with E-state index >= 15 is 0 Å². The topological polar surface area (TPSA) is 18.5 Å². The Bertz CT molecular complexity index is 348. The second-order valence-corrected chi connectivity index (χ2v) is 6.14.